The lowest BCUT2D eigenvalue weighted by Crippen LogP contribution is -2.40. The molecule has 1 rings (SSSR count). The van der Waals surface area contributed by atoms with Crippen LogP contribution in [0.1, 0.15) is 52.9 Å². The zero-order valence-electron chi connectivity index (χ0n) is 11.7. The van der Waals surface area contributed by atoms with E-state index in [4.69, 9.17) is 5.11 Å². The number of aliphatic carboxylic acids is 1. The van der Waals surface area contributed by atoms with Crippen molar-refractivity contribution in [2.24, 2.45) is 17.3 Å². The molecule has 4 heteroatoms. The van der Waals surface area contributed by atoms with Gasteiger partial charge < -0.3 is 10.4 Å². The molecular formula is C14H25NO3. The van der Waals surface area contributed by atoms with Crippen molar-refractivity contribution in [3.8, 4) is 0 Å². The lowest BCUT2D eigenvalue weighted by molar-refractivity contribution is -0.142. The van der Waals surface area contributed by atoms with Crippen molar-refractivity contribution in [1.29, 1.82) is 0 Å². The highest BCUT2D eigenvalue weighted by molar-refractivity contribution is 5.80. The first-order chi connectivity index (χ1) is 8.38. The van der Waals surface area contributed by atoms with Crippen molar-refractivity contribution in [1.82, 2.24) is 5.32 Å². The van der Waals surface area contributed by atoms with Gasteiger partial charge in [-0.1, -0.05) is 33.6 Å². The van der Waals surface area contributed by atoms with E-state index in [1.807, 2.05) is 6.92 Å². The van der Waals surface area contributed by atoms with E-state index < -0.39 is 11.9 Å². The number of carboxylic acid groups (broad SMARTS) is 1. The van der Waals surface area contributed by atoms with E-state index in [2.05, 4.69) is 19.2 Å². The number of nitrogens with one attached hydrogen (secondary N) is 1. The van der Waals surface area contributed by atoms with Crippen LogP contribution >= 0.6 is 0 Å². The number of carbonyl (C=O) groups excluding carboxylic acids is 1. The quantitative estimate of drug-likeness (QED) is 0.766. The Hall–Kier alpha value is -1.06. The van der Waals surface area contributed by atoms with Gasteiger partial charge in [-0.2, -0.15) is 0 Å². The van der Waals surface area contributed by atoms with Gasteiger partial charge in [-0.3, -0.25) is 9.59 Å². The maximum atomic E-state index is 12.1. The minimum absolute atomic E-state index is 0.0276. The van der Waals surface area contributed by atoms with Crippen molar-refractivity contribution >= 4 is 11.9 Å². The summed E-state index contributed by atoms with van der Waals surface area (Å²) in [5.74, 6) is -1.21. The zero-order chi connectivity index (χ0) is 13.8. The summed E-state index contributed by atoms with van der Waals surface area (Å²) in [6.07, 6.45) is 4.51. The standard InChI is InChI=1S/C14H25NO3/c1-4-6-10(13(17)18)9-15-12(16)11-7-5-8-14(11,2)3/h10-11H,4-9H2,1-3H3,(H,15,16)(H,17,18). The van der Waals surface area contributed by atoms with Gasteiger partial charge in [-0.05, 0) is 24.7 Å². The molecule has 1 aliphatic carbocycles. The van der Waals surface area contributed by atoms with Crippen LogP contribution in [0.2, 0.25) is 0 Å². The third kappa shape index (κ3) is 3.72. The molecular weight excluding hydrogens is 230 g/mol. The molecule has 0 radical (unpaired) electrons. The molecule has 1 fully saturated rings. The van der Waals surface area contributed by atoms with Crippen LogP contribution in [-0.4, -0.2) is 23.5 Å². The van der Waals surface area contributed by atoms with Gasteiger partial charge in [0.25, 0.3) is 0 Å². The summed E-state index contributed by atoms with van der Waals surface area (Å²) < 4.78 is 0. The molecule has 0 aromatic heterocycles. The number of carboxylic acids is 1. The third-order valence-corrected chi connectivity index (χ3v) is 4.08. The summed E-state index contributed by atoms with van der Waals surface area (Å²) >= 11 is 0. The van der Waals surface area contributed by atoms with Crippen LogP contribution in [0.3, 0.4) is 0 Å². The molecule has 0 bridgehead atoms. The normalized spacial score (nSPS) is 23.6. The Morgan fingerprint density at radius 3 is 2.56 bits per heavy atom. The summed E-state index contributed by atoms with van der Waals surface area (Å²) in [6, 6.07) is 0. The van der Waals surface area contributed by atoms with Crippen molar-refractivity contribution in [2.75, 3.05) is 6.54 Å². The highest BCUT2D eigenvalue weighted by Gasteiger charge is 2.39. The Labute approximate surface area is 109 Å². The van der Waals surface area contributed by atoms with E-state index in [0.717, 1.165) is 25.7 Å². The van der Waals surface area contributed by atoms with Gasteiger partial charge in [-0.15, -0.1) is 0 Å². The lowest BCUT2D eigenvalue weighted by Gasteiger charge is -2.26. The molecule has 0 heterocycles. The Morgan fingerprint density at radius 2 is 2.11 bits per heavy atom. The Morgan fingerprint density at radius 1 is 1.44 bits per heavy atom. The Bertz CT molecular complexity index is 312. The molecule has 0 saturated heterocycles. The van der Waals surface area contributed by atoms with Gasteiger partial charge in [0.2, 0.25) is 5.91 Å². The fraction of sp³-hybridized carbons (Fsp3) is 0.857. The molecule has 18 heavy (non-hydrogen) atoms. The zero-order valence-corrected chi connectivity index (χ0v) is 11.7. The predicted molar refractivity (Wildman–Crippen MR) is 70.2 cm³/mol. The molecule has 0 aliphatic heterocycles. The molecule has 4 nitrogen and oxygen atoms in total. The van der Waals surface area contributed by atoms with Crippen LogP contribution in [0.15, 0.2) is 0 Å². The molecule has 0 aromatic rings. The monoisotopic (exact) mass is 255 g/mol. The van der Waals surface area contributed by atoms with Gasteiger partial charge in [0.15, 0.2) is 0 Å². The second-order valence-corrected chi connectivity index (χ2v) is 6.00. The van der Waals surface area contributed by atoms with E-state index in [1.54, 1.807) is 0 Å². The van der Waals surface area contributed by atoms with Gasteiger partial charge in [-0.25, -0.2) is 0 Å². The predicted octanol–water partition coefficient (Wildman–Crippen LogP) is 2.43. The second-order valence-electron chi connectivity index (χ2n) is 6.00. The minimum atomic E-state index is -0.817. The van der Waals surface area contributed by atoms with E-state index in [0.29, 0.717) is 6.42 Å². The molecule has 2 atom stereocenters. The number of carbonyl (C=O) groups is 2. The first kappa shape index (κ1) is 15.0. The summed E-state index contributed by atoms with van der Waals surface area (Å²) in [7, 11) is 0. The van der Waals surface area contributed by atoms with E-state index >= 15 is 0 Å². The van der Waals surface area contributed by atoms with Crippen molar-refractivity contribution < 1.29 is 14.7 Å². The van der Waals surface area contributed by atoms with Crippen LogP contribution in [0, 0.1) is 17.3 Å². The first-order valence-electron chi connectivity index (χ1n) is 6.89. The maximum absolute atomic E-state index is 12.1. The molecule has 2 unspecified atom stereocenters. The minimum Gasteiger partial charge on any atom is -0.481 e. The summed E-state index contributed by atoms with van der Waals surface area (Å²) in [4.78, 5) is 23.1. The number of hydrogen-bond donors (Lipinski definition) is 2. The molecule has 2 N–H and O–H groups in total. The Balaban J connectivity index is 2.47. The second kappa shape index (κ2) is 6.21. The molecule has 1 amide bonds. The summed E-state index contributed by atoms with van der Waals surface area (Å²) in [6.45, 7) is 6.45. The van der Waals surface area contributed by atoms with E-state index in [9.17, 15) is 9.59 Å². The third-order valence-electron chi connectivity index (χ3n) is 4.08. The van der Waals surface area contributed by atoms with Gasteiger partial charge in [0.1, 0.15) is 0 Å². The number of amides is 1. The maximum Gasteiger partial charge on any atom is 0.308 e. The van der Waals surface area contributed by atoms with Crippen LogP contribution in [-0.2, 0) is 9.59 Å². The van der Waals surface area contributed by atoms with Crippen LogP contribution in [0.5, 0.6) is 0 Å². The van der Waals surface area contributed by atoms with E-state index in [-0.39, 0.29) is 23.8 Å². The molecule has 0 spiro atoms. The fourth-order valence-corrected chi connectivity index (χ4v) is 2.82. The summed E-state index contributed by atoms with van der Waals surface area (Å²) in [5, 5.41) is 11.9. The van der Waals surface area contributed by atoms with E-state index in [1.165, 1.54) is 0 Å². The van der Waals surface area contributed by atoms with Crippen molar-refractivity contribution in [3.05, 3.63) is 0 Å². The largest absolute Gasteiger partial charge is 0.481 e. The fourth-order valence-electron chi connectivity index (χ4n) is 2.82. The lowest BCUT2D eigenvalue weighted by atomic mass is 9.81. The SMILES string of the molecule is CCCC(CNC(=O)C1CCCC1(C)C)C(=O)O. The molecule has 1 aliphatic rings. The average Bonchev–Trinajstić information content (AvgIpc) is 2.63. The molecule has 1 saturated carbocycles. The number of rotatable bonds is 6. The highest BCUT2D eigenvalue weighted by Crippen LogP contribution is 2.42. The van der Waals surface area contributed by atoms with Gasteiger partial charge in [0.05, 0.1) is 5.92 Å². The molecule has 0 aromatic carbocycles. The van der Waals surface area contributed by atoms with Crippen LogP contribution < -0.4 is 5.32 Å². The average molecular weight is 255 g/mol. The van der Waals surface area contributed by atoms with Gasteiger partial charge in [0, 0.05) is 12.5 Å². The first-order valence-corrected chi connectivity index (χ1v) is 6.89. The highest BCUT2D eigenvalue weighted by atomic mass is 16.4. The topological polar surface area (TPSA) is 66.4 Å². The van der Waals surface area contributed by atoms with Crippen molar-refractivity contribution in [2.45, 2.75) is 52.9 Å². The Kier molecular flexibility index (Phi) is 5.17. The van der Waals surface area contributed by atoms with Crippen LogP contribution in [0.25, 0.3) is 0 Å². The van der Waals surface area contributed by atoms with Crippen LogP contribution in [0.4, 0.5) is 0 Å². The smallest absolute Gasteiger partial charge is 0.308 e. The number of hydrogen-bond acceptors (Lipinski definition) is 2. The van der Waals surface area contributed by atoms with Gasteiger partial charge >= 0.3 is 5.97 Å². The molecule has 104 valence electrons. The van der Waals surface area contributed by atoms with Crippen molar-refractivity contribution in [3.63, 3.8) is 0 Å². The summed E-state index contributed by atoms with van der Waals surface area (Å²) in [5.41, 5.74) is 0.0492.